The van der Waals surface area contributed by atoms with Crippen LogP contribution in [0.15, 0.2) is 0 Å². The molecule has 0 aromatic rings. The van der Waals surface area contributed by atoms with Gasteiger partial charge in [0.15, 0.2) is 0 Å². The minimum absolute atomic E-state index is 0. The number of aliphatic hydroxyl groups excluding tert-OH is 2. The minimum atomic E-state index is -0.492. The average Bonchev–Trinajstić information content (AvgIpc) is 2.31. The van der Waals surface area contributed by atoms with Crippen LogP contribution in [-0.2, 0) is 0 Å². The van der Waals surface area contributed by atoms with Crippen molar-refractivity contribution in [1.29, 1.82) is 0 Å². The Morgan fingerprint density at radius 1 is 0.765 bits per heavy atom. The van der Waals surface area contributed by atoms with Gasteiger partial charge in [0.2, 0.25) is 0 Å². The Labute approximate surface area is 129 Å². The number of unbranched alkanes of at least 4 members (excludes halogenated alkanes) is 9. The van der Waals surface area contributed by atoms with Gasteiger partial charge >= 0.3 is 29.6 Å². The Hall–Kier alpha value is 0.920. The SMILES string of the molecule is CCCCCCCCCCCCC(O)CO.[NaH]. The van der Waals surface area contributed by atoms with E-state index in [0.29, 0.717) is 0 Å². The molecule has 0 fully saturated rings. The summed E-state index contributed by atoms with van der Waals surface area (Å²) in [7, 11) is 0. The topological polar surface area (TPSA) is 40.5 Å². The van der Waals surface area contributed by atoms with Gasteiger partial charge in [-0.2, -0.15) is 0 Å². The van der Waals surface area contributed by atoms with Crippen LogP contribution in [-0.4, -0.2) is 52.5 Å². The third-order valence-corrected chi connectivity index (χ3v) is 3.10. The van der Waals surface area contributed by atoms with Gasteiger partial charge < -0.3 is 10.2 Å². The maximum absolute atomic E-state index is 9.13. The fourth-order valence-electron chi connectivity index (χ4n) is 1.96. The molecule has 2 nitrogen and oxygen atoms in total. The number of hydrogen-bond acceptors (Lipinski definition) is 2. The molecule has 0 saturated carbocycles. The molecule has 0 aromatic heterocycles. The summed E-state index contributed by atoms with van der Waals surface area (Å²) in [5, 5.41) is 17.8. The number of hydrogen-bond donors (Lipinski definition) is 2. The molecule has 0 aromatic carbocycles. The van der Waals surface area contributed by atoms with Gasteiger partial charge in [0.1, 0.15) is 0 Å². The van der Waals surface area contributed by atoms with Gasteiger partial charge in [-0.3, -0.25) is 0 Å². The summed E-state index contributed by atoms with van der Waals surface area (Å²) >= 11 is 0. The van der Waals surface area contributed by atoms with Crippen molar-refractivity contribution in [1.82, 2.24) is 0 Å². The van der Waals surface area contributed by atoms with Gasteiger partial charge in [-0.15, -0.1) is 0 Å². The Morgan fingerprint density at radius 2 is 1.18 bits per heavy atom. The zero-order valence-electron chi connectivity index (χ0n) is 11.0. The molecule has 0 heterocycles. The second-order valence-corrected chi connectivity index (χ2v) is 4.81. The van der Waals surface area contributed by atoms with Gasteiger partial charge in [0, 0.05) is 0 Å². The van der Waals surface area contributed by atoms with Crippen molar-refractivity contribution < 1.29 is 10.2 Å². The molecule has 0 bridgehead atoms. The van der Waals surface area contributed by atoms with E-state index < -0.39 is 6.10 Å². The summed E-state index contributed by atoms with van der Waals surface area (Å²) in [6.07, 6.45) is 13.4. The normalized spacial score (nSPS) is 12.2. The first-order valence-electron chi connectivity index (χ1n) is 7.10. The van der Waals surface area contributed by atoms with Gasteiger partial charge in [0.25, 0.3) is 0 Å². The van der Waals surface area contributed by atoms with Gasteiger partial charge in [-0.25, -0.2) is 0 Å². The van der Waals surface area contributed by atoms with Crippen LogP contribution in [0.5, 0.6) is 0 Å². The Kier molecular flexibility index (Phi) is 20.1. The molecule has 1 atom stereocenters. The maximum atomic E-state index is 9.13. The molecular formula is C14H31NaO2. The summed E-state index contributed by atoms with van der Waals surface area (Å²) < 4.78 is 0. The van der Waals surface area contributed by atoms with Crippen molar-refractivity contribution in [2.24, 2.45) is 0 Å². The van der Waals surface area contributed by atoms with Crippen molar-refractivity contribution in [3.63, 3.8) is 0 Å². The second-order valence-electron chi connectivity index (χ2n) is 4.81. The number of rotatable bonds is 12. The van der Waals surface area contributed by atoms with Crippen molar-refractivity contribution in [2.45, 2.75) is 83.7 Å². The summed E-state index contributed by atoms with van der Waals surface area (Å²) in [6.45, 7) is 2.16. The van der Waals surface area contributed by atoms with Gasteiger partial charge in [-0.05, 0) is 6.42 Å². The van der Waals surface area contributed by atoms with Crippen molar-refractivity contribution in [2.75, 3.05) is 6.61 Å². The molecule has 17 heavy (non-hydrogen) atoms. The van der Waals surface area contributed by atoms with E-state index in [4.69, 9.17) is 10.2 Å². The molecule has 0 spiro atoms. The van der Waals surface area contributed by atoms with E-state index in [1.54, 1.807) is 0 Å². The zero-order valence-corrected chi connectivity index (χ0v) is 11.0. The predicted octanol–water partition coefficient (Wildman–Crippen LogP) is 3.00. The van der Waals surface area contributed by atoms with E-state index >= 15 is 0 Å². The fourth-order valence-corrected chi connectivity index (χ4v) is 1.96. The van der Waals surface area contributed by atoms with E-state index in [9.17, 15) is 0 Å². The molecule has 0 aliphatic heterocycles. The first kappa shape index (κ1) is 20.2. The Morgan fingerprint density at radius 3 is 1.59 bits per heavy atom. The van der Waals surface area contributed by atoms with Crippen molar-refractivity contribution in [3.05, 3.63) is 0 Å². The van der Waals surface area contributed by atoms with Gasteiger partial charge in [-0.1, -0.05) is 71.1 Å². The molecule has 0 aliphatic carbocycles. The Bertz CT molecular complexity index is 131. The molecule has 0 radical (unpaired) electrons. The van der Waals surface area contributed by atoms with Crippen LogP contribution in [0, 0.1) is 0 Å². The summed E-state index contributed by atoms with van der Waals surface area (Å²) in [4.78, 5) is 0. The summed E-state index contributed by atoms with van der Waals surface area (Å²) in [5.41, 5.74) is 0. The number of aliphatic hydroxyl groups is 2. The molecule has 0 rings (SSSR count). The van der Waals surface area contributed by atoms with Crippen LogP contribution < -0.4 is 0 Å². The first-order chi connectivity index (χ1) is 7.81. The van der Waals surface area contributed by atoms with Crippen LogP contribution >= 0.6 is 0 Å². The van der Waals surface area contributed by atoms with Gasteiger partial charge in [0.05, 0.1) is 12.7 Å². The molecule has 3 heteroatoms. The quantitative estimate of drug-likeness (QED) is 0.415. The zero-order chi connectivity index (χ0) is 12.1. The fraction of sp³-hybridized carbons (Fsp3) is 1.00. The first-order valence-corrected chi connectivity index (χ1v) is 7.10. The molecule has 2 N–H and O–H groups in total. The molecule has 0 aliphatic rings. The van der Waals surface area contributed by atoms with E-state index in [1.807, 2.05) is 0 Å². The van der Waals surface area contributed by atoms with Crippen LogP contribution in [0.25, 0.3) is 0 Å². The molecule has 100 valence electrons. The van der Waals surface area contributed by atoms with E-state index in [0.717, 1.165) is 12.8 Å². The Balaban J connectivity index is 0. The third-order valence-electron chi connectivity index (χ3n) is 3.10. The molecule has 1 unspecified atom stereocenters. The third kappa shape index (κ3) is 16.9. The van der Waals surface area contributed by atoms with Crippen molar-refractivity contribution >= 4 is 29.6 Å². The van der Waals surface area contributed by atoms with Crippen LogP contribution in [0.2, 0.25) is 0 Å². The van der Waals surface area contributed by atoms with Crippen LogP contribution in [0.4, 0.5) is 0 Å². The molecule has 0 saturated heterocycles. The standard InChI is InChI=1S/C14H30O2.Na.H/c1-2-3-4-5-6-7-8-9-10-11-12-14(16)13-15;;/h14-16H,2-13H2,1H3;;. The van der Waals surface area contributed by atoms with Crippen molar-refractivity contribution in [3.8, 4) is 0 Å². The monoisotopic (exact) mass is 254 g/mol. The predicted molar refractivity (Wildman–Crippen MR) is 76.7 cm³/mol. The van der Waals surface area contributed by atoms with Crippen LogP contribution in [0.3, 0.4) is 0 Å². The average molecular weight is 254 g/mol. The van der Waals surface area contributed by atoms with E-state index in [2.05, 4.69) is 6.92 Å². The van der Waals surface area contributed by atoms with E-state index in [1.165, 1.54) is 57.8 Å². The van der Waals surface area contributed by atoms with Crippen LogP contribution in [0.1, 0.15) is 77.6 Å². The second kappa shape index (κ2) is 16.9. The molecule has 0 amide bonds. The van der Waals surface area contributed by atoms with E-state index in [-0.39, 0.29) is 36.2 Å². The summed E-state index contributed by atoms with van der Waals surface area (Å²) in [6, 6.07) is 0. The summed E-state index contributed by atoms with van der Waals surface area (Å²) in [5.74, 6) is 0. The molecular weight excluding hydrogens is 223 g/mol.